The summed E-state index contributed by atoms with van der Waals surface area (Å²) in [6, 6.07) is 6.15. The van der Waals surface area contributed by atoms with E-state index in [-0.39, 0.29) is 5.82 Å². The van der Waals surface area contributed by atoms with Crippen molar-refractivity contribution in [2.24, 2.45) is 0 Å². The number of hydrogen-bond donors (Lipinski definition) is 0. The van der Waals surface area contributed by atoms with Crippen LogP contribution >= 0.6 is 15.9 Å². The Morgan fingerprint density at radius 3 is 2.72 bits per heavy atom. The zero-order chi connectivity index (χ0) is 13.1. The Morgan fingerprint density at radius 2 is 2.06 bits per heavy atom. The molecule has 6 heteroatoms. The normalized spacial score (nSPS) is 10.2. The largest absolute Gasteiger partial charge is 0.439 e. The minimum atomic E-state index is -0.380. The number of benzene rings is 1. The number of nitrogens with zero attached hydrogens (tertiary/aromatic N) is 3. The first-order chi connectivity index (χ1) is 8.56. The lowest BCUT2D eigenvalue weighted by molar-refractivity contribution is 0.456. The predicted molar refractivity (Wildman–Crippen MR) is 70.5 cm³/mol. The molecule has 0 spiro atoms. The van der Waals surface area contributed by atoms with E-state index in [0.29, 0.717) is 22.1 Å². The molecule has 0 N–H and O–H groups in total. The summed E-state index contributed by atoms with van der Waals surface area (Å²) in [5.74, 6) is 0.911. The van der Waals surface area contributed by atoms with Crippen LogP contribution in [0.15, 0.2) is 34.9 Å². The molecular formula is C12H11BrFN3O. The van der Waals surface area contributed by atoms with Crippen LogP contribution in [0.2, 0.25) is 0 Å². The average Bonchev–Trinajstić information content (AvgIpc) is 2.34. The summed E-state index contributed by atoms with van der Waals surface area (Å²) >= 11 is 3.08. The minimum absolute atomic E-state index is 0.371. The van der Waals surface area contributed by atoms with Crippen LogP contribution in [-0.4, -0.2) is 24.1 Å². The average molecular weight is 312 g/mol. The first-order valence-corrected chi connectivity index (χ1v) is 5.99. The summed E-state index contributed by atoms with van der Waals surface area (Å²) in [5.41, 5.74) is 0. The molecule has 94 valence electrons. The molecule has 2 rings (SSSR count). The van der Waals surface area contributed by atoms with Crippen LogP contribution in [0, 0.1) is 5.82 Å². The molecule has 0 saturated heterocycles. The lowest BCUT2D eigenvalue weighted by Crippen LogP contribution is -2.12. The first kappa shape index (κ1) is 12.8. The Bertz CT molecular complexity index is 563. The van der Waals surface area contributed by atoms with Crippen LogP contribution in [0.5, 0.6) is 11.6 Å². The summed E-state index contributed by atoms with van der Waals surface area (Å²) < 4.78 is 19.2. The molecular weight excluding hydrogens is 301 g/mol. The maximum Gasteiger partial charge on any atom is 0.228 e. The van der Waals surface area contributed by atoms with Crippen LogP contribution in [0.1, 0.15) is 0 Å². The van der Waals surface area contributed by atoms with Crippen LogP contribution in [-0.2, 0) is 0 Å². The number of halogens is 2. The second-order valence-corrected chi connectivity index (χ2v) is 4.62. The molecule has 0 aliphatic heterocycles. The summed E-state index contributed by atoms with van der Waals surface area (Å²) in [6.07, 6.45) is 1.59. The molecule has 1 aromatic heterocycles. The first-order valence-electron chi connectivity index (χ1n) is 5.19. The van der Waals surface area contributed by atoms with E-state index >= 15 is 0 Å². The molecule has 0 aliphatic rings. The van der Waals surface area contributed by atoms with Gasteiger partial charge in [0, 0.05) is 32.4 Å². The fourth-order valence-electron chi connectivity index (χ4n) is 1.27. The zero-order valence-corrected chi connectivity index (χ0v) is 11.5. The van der Waals surface area contributed by atoms with E-state index in [9.17, 15) is 4.39 Å². The van der Waals surface area contributed by atoms with E-state index in [1.165, 1.54) is 6.07 Å². The van der Waals surface area contributed by atoms with Crippen molar-refractivity contribution >= 4 is 21.9 Å². The van der Waals surface area contributed by atoms with Gasteiger partial charge in [0.2, 0.25) is 11.8 Å². The number of aromatic nitrogens is 2. The van der Waals surface area contributed by atoms with Gasteiger partial charge in [-0.05, 0) is 28.1 Å². The monoisotopic (exact) mass is 311 g/mol. The Morgan fingerprint density at radius 1 is 1.28 bits per heavy atom. The van der Waals surface area contributed by atoms with Crippen LogP contribution in [0.25, 0.3) is 0 Å². The highest BCUT2D eigenvalue weighted by molar-refractivity contribution is 9.10. The Kier molecular flexibility index (Phi) is 3.76. The van der Waals surface area contributed by atoms with E-state index in [2.05, 4.69) is 25.9 Å². The van der Waals surface area contributed by atoms with Crippen molar-refractivity contribution < 1.29 is 9.13 Å². The van der Waals surface area contributed by atoms with E-state index in [1.54, 1.807) is 29.3 Å². The van der Waals surface area contributed by atoms with Crippen molar-refractivity contribution in [2.75, 3.05) is 19.0 Å². The molecule has 18 heavy (non-hydrogen) atoms. The molecule has 4 nitrogen and oxygen atoms in total. The van der Waals surface area contributed by atoms with Crippen molar-refractivity contribution in [2.45, 2.75) is 0 Å². The Hall–Kier alpha value is -1.69. The highest BCUT2D eigenvalue weighted by atomic mass is 79.9. The van der Waals surface area contributed by atoms with Crippen LogP contribution < -0.4 is 9.64 Å². The second kappa shape index (κ2) is 5.30. The summed E-state index contributed by atoms with van der Waals surface area (Å²) in [4.78, 5) is 10.0. The highest BCUT2D eigenvalue weighted by Gasteiger charge is 2.05. The van der Waals surface area contributed by atoms with E-state index in [1.807, 2.05) is 14.1 Å². The number of hydrogen-bond acceptors (Lipinski definition) is 4. The third-order valence-corrected chi connectivity index (χ3v) is 2.77. The van der Waals surface area contributed by atoms with Gasteiger partial charge in [-0.2, -0.15) is 4.98 Å². The lowest BCUT2D eigenvalue weighted by atomic mass is 10.3. The molecule has 0 aliphatic carbocycles. The van der Waals surface area contributed by atoms with Gasteiger partial charge in [-0.1, -0.05) is 0 Å². The molecule has 2 aromatic rings. The second-order valence-electron chi connectivity index (χ2n) is 3.77. The van der Waals surface area contributed by atoms with Crippen molar-refractivity contribution in [3.8, 4) is 11.6 Å². The smallest absolute Gasteiger partial charge is 0.228 e. The SMILES string of the molecule is CN(C)c1nccc(Oc2ccc(Br)c(F)c2)n1. The molecule has 0 saturated carbocycles. The fraction of sp³-hybridized carbons (Fsp3) is 0.167. The maximum absolute atomic E-state index is 13.3. The number of anilines is 1. The Balaban J connectivity index is 2.23. The van der Waals surface area contributed by atoms with E-state index in [0.717, 1.165) is 0 Å². The van der Waals surface area contributed by atoms with Crippen LogP contribution in [0.4, 0.5) is 10.3 Å². The molecule has 0 atom stereocenters. The standard InChI is InChI=1S/C12H11BrFN3O/c1-17(2)12-15-6-5-11(16-12)18-8-3-4-9(13)10(14)7-8/h3-7H,1-2H3. The number of ether oxygens (including phenoxy) is 1. The number of rotatable bonds is 3. The van der Waals surface area contributed by atoms with Gasteiger partial charge in [0.25, 0.3) is 0 Å². The van der Waals surface area contributed by atoms with Crippen molar-refractivity contribution in [3.05, 3.63) is 40.8 Å². The summed E-state index contributed by atoms with van der Waals surface area (Å²) in [6.45, 7) is 0. The molecule has 0 fully saturated rings. The summed E-state index contributed by atoms with van der Waals surface area (Å²) in [7, 11) is 3.66. The third-order valence-electron chi connectivity index (χ3n) is 2.13. The van der Waals surface area contributed by atoms with Gasteiger partial charge in [0.1, 0.15) is 11.6 Å². The molecule has 0 unspecified atom stereocenters. The third kappa shape index (κ3) is 2.95. The van der Waals surface area contributed by atoms with E-state index in [4.69, 9.17) is 4.74 Å². The molecule has 0 bridgehead atoms. The maximum atomic E-state index is 13.3. The van der Waals surface area contributed by atoms with Gasteiger partial charge < -0.3 is 9.64 Å². The molecule has 1 heterocycles. The quantitative estimate of drug-likeness (QED) is 0.872. The van der Waals surface area contributed by atoms with Gasteiger partial charge in [-0.3, -0.25) is 0 Å². The minimum Gasteiger partial charge on any atom is -0.439 e. The van der Waals surface area contributed by atoms with Gasteiger partial charge in [-0.15, -0.1) is 0 Å². The van der Waals surface area contributed by atoms with Gasteiger partial charge >= 0.3 is 0 Å². The van der Waals surface area contributed by atoms with Gasteiger partial charge in [0.15, 0.2) is 0 Å². The fourth-order valence-corrected chi connectivity index (χ4v) is 1.51. The molecule has 0 amide bonds. The van der Waals surface area contributed by atoms with Crippen LogP contribution in [0.3, 0.4) is 0 Å². The van der Waals surface area contributed by atoms with Crippen molar-refractivity contribution in [3.63, 3.8) is 0 Å². The molecule has 1 aromatic carbocycles. The predicted octanol–water partition coefficient (Wildman–Crippen LogP) is 3.24. The van der Waals surface area contributed by atoms with Gasteiger partial charge in [0.05, 0.1) is 4.47 Å². The molecule has 0 radical (unpaired) electrons. The van der Waals surface area contributed by atoms with Crippen molar-refractivity contribution in [1.82, 2.24) is 9.97 Å². The zero-order valence-electron chi connectivity index (χ0n) is 9.89. The van der Waals surface area contributed by atoms with Gasteiger partial charge in [-0.25, -0.2) is 9.37 Å². The van der Waals surface area contributed by atoms with E-state index < -0.39 is 0 Å². The van der Waals surface area contributed by atoms with Crippen molar-refractivity contribution in [1.29, 1.82) is 0 Å². The summed E-state index contributed by atoms with van der Waals surface area (Å²) in [5, 5.41) is 0. The highest BCUT2D eigenvalue weighted by Crippen LogP contribution is 2.25. The Labute approximate surface area is 113 Å². The topological polar surface area (TPSA) is 38.2 Å². The lowest BCUT2D eigenvalue weighted by Gasteiger charge is -2.11.